The lowest BCUT2D eigenvalue weighted by Crippen LogP contribution is -2.14. The van der Waals surface area contributed by atoms with Crippen LogP contribution in [-0.4, -0.2) is 25.5 Å². The van der Waals surface area contributed by atoms with Crippen molar-refractivity contribution in [3.63, 3.8) is 0 Å². The average molecular weight is 450 g/mol. The molecule has 4 rings (SSSR count). The summed E-state index contributed by atoms with van der Waals surface area (Å²) >= 11 is 6.07. The molecule has 0 radical (unpaired) electrons. The first-order valence-electron chi connectivity index (χ1n) is 11.7. The summed E-state index contributed by atoms with van der Waals surface area (Å²) in [6.07, 6.45) is 7.44. The van der Waals surface area contributed by atoms with Crippen LogP contribution in [0.1, 0.15) is 61.3 Å². The number of hydrogen-bond acceptors (Lipinski definition) is 3. The Morgan fingerprint density at radius 2 is 1.91 bits per heavy atom. The second-order valence-electron chi connectivity index (χ2n) is 8.81. The maximum atomic E-state index is 12.4. The molecule has 168 valence electrons. The van der Waals surface area contributed by atoms with E-state index in [0.29, 0.717) is 29.7 Å². The summed E-state index contributed by atoms with van der Waals surface area (Å²) in [4.78, 5) is 12.4. The van der Waals surface area contributed by atoms with Gasteiger partial charge in [0.1, 0.15) is 6.61 Å². The molecule has 1 atom stereocenters. The molecule has 1 N–H and O–H groups in total. The lowest BCUT2D eigenvalue weighted by Gasteiger charge is -2.22. The molecule has 0 saturated carbocycles. The molecule has 0 aromatic heterocycles. The maximum absolute atomic E-state index is 12.4. The number of nitrogens with one attached hydrogen (secondary N) is 1. The summed E-state index contributed by atoms with van der Waals surface area (Å²) in [5.74, 6) is 1.07. The minimum absolute atomic E-state index is 0.0181. The van der Waals surface area contributed by atoms with E-state index in [-0.39, 0.29) is 5.78 Å². The molecule has 0 aliphatic carbocycles. The van der Waals surface area contributed by atoms with Crippen LogP contribution < -0.4 is 5.32 Å². The van der Waals surface area contributed by atoms with Gasteiger partial charge in [0.15, 0.2) is 11.5 Å². The van der Waals surface area contributed by atoms with E-state index in [1.807, 2.05) is 24.3 Å². The first-order chi connectivity index (χ1) is 15.5. The summed E-state index contributed by atoms with van der Waals surface area (Å²) in [7, 11) is 0. The highest BCUT2D eigenvalue weighted by Crippen LogP contribution is 2.32. The van der Waals surface area contributed by atoms with Crippen LogP contribution in [0.4, 0.5) is 0 Å². The Morgan fingerprint density at radius 3 is 2.66 bits per heavy atom. The molecule has 3 nitrogen and oxygen atoms in total. The van der Waals surface area contributed by atoms with Gasteiger partial charge in [0, 0.05) is 23.9 Å². The van der Waals surface area contributed by atoms with Crippen LogP contribution in [0.3, 0.4) is 0 Å². The van der Waals surface area contributed by atoms with Crippen molar-refractivity contribution < 1.29 is 9.53 Å². The summed E-state index contributed by atoms with van der Waals surface area (Å²) < 4.78 is 5.98. The van der Waals surface area contributed by atoms with Gasteiger partial charge in [-0.05, 0) is 90.7 Å². The van der Waals surface area contributed by atoms with Crippen molar-refractivity contribution in [2.24, 2.45) is 0 Å². The van der Waals surface area contributed by atoms with E-state index >= 15 is 0 Å². The number of Topliss-reactive ketones (excluding diaryl/α,β-unsaturated/α-hetero) is 1. The number of aryl methyl sites for hydroxylation is 1. The highest BCUT2D eigenvalue weighted by atomic mass is 35.5. The number of benzene rings is 2. The molecule has 2 heterocycles. The number of allylic oxidation sites excluding steroid dienone is 3. The van der Waals surface area contributed by atoms with Gasteiger partial charge in [-0.2, -0.15) is 0 Å². The quantitative estimate of drug-likeness (QED) is 0.565. The van der Waals surface area contributed by atoms with Crippen LogP contribution >= 0.6 is 11.6 Å². The van der Waals surface area contributed by atoms with E-state index in [1.54, 1.807) is 6.92 Å². The lowest BCUT2D eigenvalue weighted by atomic mass is 9.87. The number of carbonyl (C=O) groups is 1. The van der Waals surface area contributed by atoms with Gasteiger partial charge in [0.05, 0.1) is 0 Å². The summed E-state index contributed by atoms with van der Waals surface area (Å²) in [6, 6.07) is 14.8. The van der Waals surface area contributed by atoms with Crippen molar-refractivity contribution >= 4 is 23.0 Å². The van der Waals surface area contributed by atoms with E-state index in [2.05, 4.69) is 36.5 Å². The van der Waals surface area contributed by atoms with E-state index < -0.39 is 0 Å². The Bertz CT molecular complexity index is 1030. The first kappa shape index (κ1) is 22.8. The number of ether oxygens (including phenoxy) is 1. The third kappa shape index (κ3) is 5.33. The normalized spacial score (nSPS) is 19.2. The van der Waals surface area contributed by atoms with Crippen molar-refractivity contribution in [3.05, 3.63) is 87.1 Å². The zero-order valence-corrected chi connectivity index (χ0v) is 19.8. The number of carbonyl (C=O) groups excluding carboxylic acids is 1. The number of hydrogen-bond donors (Lipinski definition) is 1. The van der Waals surface area contributed by atoms with Crippen LogP contribution in [0.15, 0.2) is 59.9 Å². The van der Waals surface area contributed by atoms with Crippen LogP contribution in [0.25, 0.3) is 5.57 Å². The Balaban J connectivity index is 1.68. The van der Waals surface area contributed by atoms with Crippen molar-refractivity contribution in [2.75, 3.05) is 19.7 Å². The van der Waals surface area contributed by atoms with Crippen molar-refractivity contribution in [3.8, 4) is 0 Å². The molecule has 4 heteroatoms. The second-order valence-corrected chi connectivity index (χ2v) is 9.25. The molecule has 0 bridgehead atoms. The zero-order chi connectivity index (χ0) is 22.5. The van der Waals surface area contributed by atoms with Gasteiger partial charge in [-0.25, -0.2) is 0 Å². The minimum Gasteiger partial charge on any atom is -0.485 e. The van der Waals surface area contributed by atoms with Gasteiger partial charge in [-0.1, -0.05) is 48.9 Å². The maximum Gasteiger partial charge on any atom is 0.194 e. The monoisotopic (exact) mass is 449 g/mol. The second kappa shape index (κ2) is 10.5. The molecule has 2 aliphatic heterocycles. The molecular weight excluding hydrogens is 418 g/mol. The smallest absolute Gasteiger partial charge is 0.194 e. The van der Waals surface area contributed by atoms with Crippen LogP contribution in [0, 0.1) is 0 Å². The molecule has 1 fully saturated rings. The van der Waals surface area contributed by atoms with Gasteiger partial charge in [0.25, 0.3) is 0 Å². The molecule has 0 spiro atoms. The number of ketones is 1. The largest absolute Gasteiger partial charge is 0.485 e. The predicted molar refractivity (Wildman–Crippen MR) is 132 cm³/mol. The molecule has 2 aromatic carbocycles. The molecule has 2 aromatic rings. The van der Waals surface area contributed by atoms with E-state index in [1.165, 1.54) is 36.0 Å². The Morgan fingerprint density at radius 1 is 1.09 bits per heavy atom. The predicted octanol–water partition coefficient (Wildman–Crippen LogP) is 6.26. The third-order valence-electron chi connectivity index (χ3n) is 6.59. The fraction of sp³-hybridized carbons (Fsp3) is 0.393. The number of halogens is 1. The topological polar surface area (TPSA) is 38.3 Å². The molecule has 0 amide bonds. The van der Waals surface area contributed by atoms with Crippen molar-refractivity contribution in [2.45, 2.75) is 51.9 Å². The molecule has 32 heavy (non-hydrogen) atoms. The molecule has 2 aliphatic rings. The van der Waals surface area contributed by atoms with Gasteiger partial charge in [-0.15, -0.1) is 0 Å². The van der Waals surface area contributed by atoms with Gasteiger partial charge >= 0.3 is 0 Å². The number of rotatable bonds is 6. The molecule has 1 saturated heterocycles. The summed E-state index contributed by atoms with van der Waals surface area (Å²) in [5.41, 5.74) is 7.17. The summed E-state index contributed by atoms with van der Waals surface area (Å²) in [5, 5.41) is 4.23. The van der Waals surface area contributed by atoms with Crippen LogP contribution in [-0.2, 0) is 22.4 Å². The lowest BCUT2D eigenvalue weighted by molar-refractivity contribution is -0.116. The highest BCUT2D eigenvalue weighted by molar-refractivity contribution is 6.30. The summed E-state index contributed by atoms with van der Waals surface area (Å²) in [6.45, 7) is 6.37. The Kier molecular flexibility index (Phi) is 7.49. The van der Waals surface area contributed by atoms with Crippen LogP contribution in [0.5, 0.6) is 0 Å². The third-order valence-corrected chi connectivity index (χ3v) is 6.84. The Labute approximate surface area is 196 Å². The van der Waals surface area contributed by atoms with Gasteiger partial charge in [0.2, 0.25) is 0 Å². The van der Waals surface area contributed by atoms with E-state index in [9.17, 15) is 4.79 Å². The van der Waals surface area contributed by atoms with Gasteiger partial charge in [-0.3, -0.25) is 4.79 Å². The SMILES string of the molecule is CCc1ccc(C2CCCNCC2)cc1CC1=C(C(C)=O)OCC(c2ccc(Cl)cc2)=C1. The standard InChI is InChI=1S/C28H32ClNO2/c1-3-20-6-7-23(21-5-4-13-30-14-12-21)15-24(20)16-25-17-26(18-32-28(25)19(2)31)22-8-10-27(29)11-9-22/h6-11,15,17,21,30H,3-5,12-14,16,18H2,1-2H3. The highest BCUT2D eigenvalue weighted by Gasteiger charge is 2.21. The van der Waals surface area contributed by atoms with E-state index in [4.69, 9.17) is 16.3 Å². The van der Waals surface area contributed by atoms with Crippen molar-refractivity contribution in [1.82, 2.24) is 5.32 Å². The van der Waals surface area contributed by atoms with Crippen LogP contribution in [0.2, 0.25) is 5.02 Å². The molecular formula is C28H32ClNO2. The van der Waals surface area contributed by atoms with Crippen molar-refractivity contribution in [1.29, 1.82) is 0 Å². The zero-order valence-electron chi connectivity index (χ0n) is 19.0. The fourth-order valence-corrected chi connectivity index (χ4v) is 4.94. The first-order valence-corrected chi connectivity index (χ1v) is 12.1. The average Bonchev–Trinajstić information content (AvgIpc) is 3.09. The Hall–Kier alpha value is -2.36. The van der Waals surface area contributed by atoms with Gasteiger partial charge < -0.3 is 10.1 Å². The minimum atomic E-state index is -0.0181. The van der Waals surface area contributed by atoms with E-state index in [0.717, 1.165) is 36.2 Å². The fourth-order valence-electron chi connectivity index (χ4n) is 4.82. The molecule has 1 unspecified atom stereocenters.